The van der Waals surface area contributed by atoms with E-state index in [0.29, 0.717) is 6.54 Å². The van der Waals surface area contributed by atoms with Gasteiger partial charge in [-0.05, 0) is 13.0 Å². The average molecular weight is 270 g/mol. The summed E-state index contributed by atoms with van der Waals surface area (Å²) >= 11 is 0. The van der Waals surface area contributed by atoms with E-state index < -0.39 is 12.4 Å². The zero-order valence-electron chi connectivity index (χ0n) is 10.3. The number of halogens is 3. The van der Waals surface area contributed by atoms with Gasteiger partial charge in [0.05, 0.1) is 12.7 Å². The van der Waals surface area contributed by atoms with E-state index in [0.717, 1.165) is 18.1 Å². The van der Waals surface area contributed by atoms with Gasteiger partial charge in [-0.15, -0.1) is 0 Å². The first-order chi connectivity index (χ1) is 8.97. The molecule has 0 bridgehead atoms. The summed E-state index contributed by atoms with van der Waals surface area (Å²) in [5, 5.41) is 0. The summed E-state index contributed by atoms with van der Waals surface area (Å²) in [6, 6.07) is 0.966. The Morgan fingerprint density at radius 1 is 1.32 bits per heavy atom. The van der Waals surface area contributed by atoms with Crippen LogP contribution in [0.3, 0.4) is 0 Å². The second-order valence-electron chi connectivity index (χ2n) is 4.05. The summed E-state index contributed by atoms with van der Waals surface area (Å²) in [4.78, 5) is 7.57. The maximum absolute atomic E-state index is 12.5. The van der Waals surface area contributed by atoms with Gasteiger partial charge in [0.25, 0.3) is 0 Å². The topological polar surface area (TPSA) is 39.9 Å². The lowest BCUT2D eigenvalue weighted by Crippen LogP contribution is -2.34. The first-order valence-electron chi connectivity index (χ1n) is 5.72. The lowest BCUT2D eigenvalue weighted by Gasteiger charge is -2.15. The Bertz CT molecular complexity index is 556. The lowest BCUT2D eigenvalue weighted by molar-refractivity contribution is 0.296. The highest BCUT2D eigenvalue weighted by Crippen LogP contribution is 2.13. The highest BCUT2D eigenvalue weighted by Gasteiger charge is 2.26. The minimum absolute atomic E-state index is 0.120. The van der Waals surface area contributed by atoms with Crippen LogP contribution in [0.4, 0.5) is 12.9 Å². The van der Waals surface area contributed by atoms with Gasteiger partial charge < -0.3 is 22.3 Å². The molecular formula is C11H12BF3N3O-. The Kier molecular flexibility index (Phi) is 3.78. The number of aryl methyl sites for hydroxylation is 1. The Labute approximate surface area is 108 Å². The van der Waals surface area contributed by atoms with Gasteiger partial charge in [0, 0.05) is 18.6 Å². The second-order valence-corrected chi connectivity index (χ2v) is 4.05. The first kappa shape index (κ1) is 13.4. The van der Waals surface area contributed by atoms with Gasteiger partial charge in [-0.1, -0.05) is 5.46 Å². The third kappa shape index (κ3) is 3.49. The highest BCUT2D eigenvalue weighted by molar-refractivity contribution is 6.73. The van der Waals surface area contributed by atoms with E-state index in [9.17, 15) is 12.9 Å². The molecule has 0 aliphatic heterocycles. The fourth-order valence-corrected chi connectivity index (χ4v) is 1.60. The van der Waals surface area contributed by atoms with Gasteiger partial charge in [0.15, 0.2) is 0 Å². The predicted octanol–water partition coefficient (Wildman–Crippen LogP) is 1.72. The van der Waals surface area contributed by atoms with Crippen molar-refractivity contribution in [3.63, 3.8) is 0 Å². The van der Waals surface area contributed by atoms with Crippen LogP contribution in [0.15, 0.2) is 30.9 Å². The third-order valence-corrected chi connectivity index (χ3v) is 2.64. The number of imidazole rings is 1. The molecule has 0 unspecified atom stereocenters. The van der Waals surface area contributed by atoms with Crippen LogP contribution in [-0.2, 0) is 6.54 Å². The summed E-state index contributed by atoms with van der Waals surface area (Å²) in [6.45, 7) is -2.43. The fourth-order valence-electron chi connectivity index (χ4n) is 1.60. The van der Waals surface area contributed by atoms with Crippen molar-refractivity contribution in [3.8, 4) is 5.75 Å². The molecule has 2 aromatic rings. The maximum Gasteiger partial charge on any atom is 0.511 e. The Morgan fingerprint density at radius 2 is 2.11 bits per heavy atom. The standard InChI is InChI=1S/C11H12BF3N3O/c1-9-17-2-3-18(9)4-5-19-11-6-10(7-16-8-11)12(13,14)15/h2-3,6-8H,4-5H2,1H3/q-1. The van der Waals surface area contributed by atoms with Gasteiger partial charge in [-0.25, -0.2) is 4.98 Å². The van der Waals surface area contributed by atoms with Crippen molar-refractivity contribution in [2.24, 2.45) is 0 Å². The summed E-state index contributed by atoms with van der Waals surface area (Å²) in [7, 11) is 0. The van der Waals surface area contributed by atoms with E-state index in [-0.39, 0.29) is 12.4 Å². The van der Waals surface area contributed by atoms with Gasteiger partial charge in [0.1, 0.15) is 18.2 Å². The Hall–Kier alpha value is -1.99. The minimum atomic E-state index is -5.05. The molecule has 0 saturated heterocycles. The van der Waals surface area contributed by atoms with Gasteiger partial charge in [0.2, 0.25) is 0 Å². The van der Waals surface area contributed by atoms with E-state index in [2.05, 4.69) is 9.97 Å². The van der Waals surface area contributed by atoms with E-state index in [4.69, 9.17) is 4.74 Å². The minimum Gasteiger partial charge on any atom is -0.490 e. The molecule has 4 nitrogen and oxygen atoms in total. The number of aromatic nitrogens is 3. The zero-order valence-corrected chi connectivity index (χ0v) is 10.3. The van der Waals surface area contributed by atoms with E-state index in [1.54, 1.807) is 12.4 Å². The normalized spacial score (nSPS) is 11.6. The predicted molar refractivity (Wildman–Crippen MR) is 65.4 cm³/mol. The van der Waals surface area contributed by atoms with Crippen LogP contribution in [0.1, 0.15) is 5.82 Å². The van der Waals surface area contributed by atoms with Crippen LogP contribution in [-0.4, -0.2) is 28.1 Å². The molecule has 102 valence electrons. The molecule has 2 heterocycles. The molecule has 0 aliphatic carbocycles. The molecule has 2 aromatic heterocycles. The number of hydrogen-bond donors (Lipinski definition) is 0. The number of ether oxygens (including phenoxy) is 1. The molecule has 0 N–H and O–H groups in total. The molecule has 0 fully saturated rings. The molecule has 0 radical (unpaired) electrons. The zero-order chi connectivity index (χ0) is 13.9. The van der Waals surface area contributed by atoms with E-state index in [1.807, 2.05) is 11.5 Å². The van der Waals surface area contributed by atoms with Crippen LogP contribution in [0.2, 0.25) is 0 Å². The van der Waals surface area contributed by atoms with Crippen molar-refractivity contribution in [2.75, 3.05) is 6.61 Å². The highest BCUT2D eigenvalue weighted by atomic mass is 19.4. The maximum atomic E-state index is 12.5. The summed E-state index contributed by atoms with van der Waals surface area (Å²) in [5.41, 5.74) is -0.753. The van der Waals surface area contributed by atoms with Crippen LogP contribution < -0.4 is 10.2 Å². The molecule has 2 rings (SSSR count). The van der Waals surface area contributed by atoms with Gasteiger partial charge >= 0.3 is 6.98 Å². The molecule has 0 aromatic carbocycles. The van der Waals surface area contributed by atoms with Gasteiger partial charge in [-0.2, -0.15) is 0 Å². The quantitative estimate of drug-likeness (QED) is 0.776. The van der Waals surface area contributed by atoms with E-state index >= 15 is 0 Å². The molecule has 19 heavy (non-hydrogen) atoms. The lowest BCUT2D eigenvalue weighted by atomic mass is 9.81. The Morgan fingerprint density at radius 3 is 2.74 bits per heavy atom. The third-order valence-electron chi connectivity index (χ3n) is 2.64. The van der Waals surface area contributed by atoms with Gasteiger partial charge in [-0.3, -0.25) is 4.98 Å². The summed E-state index contributed by atoms with van der Waals surface area (Å²) in [6.07, 6.45) is 5.51. The number of rotatable bonds is 5. The Balaban J connectivity index is 1.95. The van der Waals surface area contributed by atoms with Crippen LogP contribution in [0.25, 0.3) is 0 Å². The summed E-state index contributed by atoms with van der Waals surface area (Å²) < 4.78 is 44.7. The second kappa shape index (κ2) is 5.33. The van der Waals surface area contributed by atoms with Crippen molar-refractivity contribution < 1.29 is 17.7 Å². The van der Waals surface area contributed by atoms with Crippen molar-refractivity contribution in [1.29, 1.82) is 0 Å². The average Bonchev–Trinajstić information content (AvgIpc) is 2.75. The smallest absolute Gasteiger partial charge is 0.490 e. The van der Waals surface area contributed by atoms with Crippen LogP contribution in [0, 0.1) is 6.92 Å². The monoisotopic (exact) mass is 270 g/mol. The largest absolute Gasteiger partial charge is 0.511 e. The number of hydrogen-bond acceptors (Lipinski definition) is 3. The number of nitrogens with zero attached hydrogens (tertiary/aromatic N) is 3. The first-order valence-corrected chi connectivity index (χ1v) is 5.72. The summed E-state index contributed by atoms with van der Waals surface area (Å²) in [5.74, 6) is 0.948. The molecular weight excluding hydrogens is 258 g/mol. The fraction of sp³-hybridized carbons (Fsp3) is 0.273. The van der Waals surface area contributed by atoms with Crippen molar-refractivity contribution in [1.82, 2.24) is 14.5 Å². The van der Waals surface area contributed by atoms with Crippen molar-refractivity contribution in [2.45, 2.75) is 13.5 Å². The van der Waals surface area contributed by atoms with Crippen LogP contribution in [0.5, 0.6) is 5.75 Å². The molecule has 0 amide bonds. The SMILES string of the molecule is Cc1nccn1CCOc1cncc([B-](F)(F)F)c1. The van der Waals surface area contributed by atoms with Crippen molar-refractivity contribution in [3.05, 3.63) is 36.7 Å². The van der Waals surface area contributed by atoms with Crippen LogP contribution >= 0.6 is 0 Å². The molecule has 8 heteroatoms. The number of pyridine rings is 1. The molecule has 0 atom stereocenters. The van der Waals surface area contributed by atoms with E-state index in [1.165, 1.54) is 6.20 Å². The molecule has 0 spiro atoms. The molecule has 0 aliphatic rings. The molecule has 0 saturated carbocycles. The van der Waals surface area contributed by atoms with Crippen molar-refractivity contribution >= 4 is 12.4 Å².